The largest absolute Gasteiger partial charge is 0.457 e. The molecular weight excluding hydrogens is 462 g/mol. The van der Waals surface area contributed by atoms with Gasteiger partial charge in [-0.05, 0) is 64.6 Å². The Kier molecular flexibility index (Phi) is 5.73. The molecule has 0 radical (unpaired) electrons. The molecule has 1 N–H and O–H groups in total. The van der Waals surface area contributed by atoms with Crippen molar-refractivity contribution in [3.05, 3.63) is 64.1 Å². The molecule has 1 unspecified atom stereocenters. The summed E-state index contributed by atoms with van der Waals surface area (Å²) < 4.78 is 6.64. The zero-order valence-electron chi connectivity index (χ0n) is 20.0. The average Bonchev–Trinajstić information content (AvgIpc) is 3.64. The summed E-state index contributed by atoms with van der Waals surface area (Å²) in [5, 5.41) is 22.1. The van der Waals surface area contributed by atoms with E-state index in [1.165, 1.54) is 11.0 Å². The number of benzene rings is 1. The topological polar surface area (TPSA) is 127 Å². The third-order valence-electron chi connectivity index (χ3n) is 7.65. The van der Waals surface area contributed by atoms with Gasteiger partial charge in [0.05, 0.1) is 17.6 Å². The van der Waals surface area contributed by atoms with Crippen LogP contribution in [0.4, 0.5) is 0 Å². The molecule has 0 bridgehead atoms. The van der Waals surface area contributed by atoms with E-state index in [1.807, 2.05) is 24.0 Å². The second-order valence-corrected chi connectivity index (χ2v) is 9.61. The summed E-state index contributed by atoms with van der Waals surface area (Å²) in [7, 11) is 0. The van der Waals surface area contributed by atoms with Crippen LogP contribution in [0.1, 0.15) is 56.6 Å². The summed E-state index contributed by atoms with van der Waals surface area (Å²) >= 11 is 0. The fourth-order valence-corrected chi connectivity index (χ4v) is 5.57. The number of esters is 1. The van der Waals surface area contributed by atoms with E-state index < -0.39 is 6.10 Å². The molecule has 0 saturated carbocycles. The number of aromatic nitrogens is 5. The van der Waals surface area contributed by atoms with Gasteiger partial charge in [0.2, 0.25) is 5.91 Å². The highest BCUT2D eigenvalue weighted by molar-refractivity contribution is 5.94. The molecule has 11 heteroatoms. The second-order valence-electron chi connectivity index (χ2n) is 9.61. The number of β-amino-alcohol motifs (C(OH)–C–C–N with tert-alkyl or cyclic N) is 1. The van der Waals surface area contributed by atoms with Crippen molar-refractivity contribution >= 4 is 11.9 Å². The fraction of sp³-hybridized carbons (Fsp3) is 0.440. The Morgan fingerprint density at radius 2 is 2.08 bits per heavy atom. The molecule has 2 aliphatic heterocycles. The Labute approximate surface area is 207 Å². The summed E-state index contributed by atoms with van der Waals surface area (Å²) in [5.74, 6) is 0.317. The number of rotatable bonds is 5. The zero-order valence-corrected chi connectivity index (χ0v) is 20.0. The summed E-state index contributed by atoms with van der Waals surface area (Å²) in [6.07, 6.45) is 4.22. The van der Waals surface area contributed by atoms with Crippen molar-refractivity contribution in [3.63, 3.8) is 0 Å². The van der Waals surface area contributed by atoms with Gasteiger partial charge in [-0.1, -0.05) is 6.07 Å². The Hall–Kier alpha value is -3.70. The number of aryl methyl sites for hydroxylation is 1. The van der Waals surface area contributed by atoms with Crippen LogP contribution in [0.3, 0.4) is 0 Å². The van der Waals surface area contributed by atoms with Gasteiger partial charge < -0.3 is 14.7 Å². The quantitative estimate of drug-likeness (QED) is 0.521. The lowest BCUT2D eigenvalue weighted by Gasteiger charge is -2.37. The molecular formula is C25H27N7O4. The molecule has 4 heterocycles. The normalized spacial score (nSPS) is 20.2. The van der Waals surface area contributed by atoms with Crippen molar-refractivity contribution in [2.75, 3.05) is 32.7 Å². The van der Waals surface area contributed by atoms with Crippen LogP contribution >= 0.6 is 0 Å². The smallest absolute Gasteiger partial charge is 0.338 e. The Balaban J connectivity index is 1.07. The number of piperazine rings is 1. The molecule has 6 rings (SSSR count). The van der Waals surface area contributed by atoms with E-state index in [1.54, 1.807) is 12.3 Å². The molecule has 1 fully saturated rings. The number of ether oxygens (including phenoxy) is 1. The maximum atomic E-state index is 13.4. The zero-order chi connectivity index (χ0) is 24.8. The number of tetrazole rings is 1. The number of nitrogens with zero attached hydrogens (tertiary/aromatic N) is 7. The molecule has 1 amide bonds. The van der Waals surface area contributed by atoms with Crippen molar-refractivity contribution in [2.24, 2.45) is 0 Å². The summed E-state index contributed by atoms with van der Waals surface area (Å²) in [5.41, 5.74) is 5.30. The van der Waals surface area contributed by atoms with E-state index in [4.69, 9.17) is 4.74 Å². The number of cyclic esters (lactones) is 1. The summed E-state index contributed by atoms with van der Waals surface area (Å²) in [6.45, 7) is 5.32. The van der Waals surface area contributed by atoms with E-state index in [9.17, 15) is 14.7 Å². The van der Waals surface area contributed by atoms with E-state index in [2.05, 4.69) is 25.4 Å². The number of aliphatic hydroxyl groups excluding tert-OH is 1. The lowest BCUT2D eigenvalue weighted by molar-refractivity contribution is -0.134. The number of carbonyl (C=O) groups is 2. The lowest BCUT2D eigenvalue weighted by Crippen LogP contribution is -2.50. The van der Waals surface area contributed by atoms with E-state index >= 15 is 0 Å². The van der Waals surface area contributed by atoms with Crippen LogP contribution in [0.25, 0.3) is 5.82 Å². The van der Waals surface area contributed by atoms with Gasteiger partial charge in [-0.2, -0.15) is 4.68 Å². The minimum atomic E-state index is -0.671. The second kappa shape index (κ2) is 9.07. The fourth-order valence-electron chi connectivity index (χ4n) is 5.57. The molecule has 1 aliphatic carbocycles. The first kappa shape index (κ1) is 22.7. The molecule has 36 heavy (non-hydrogen) atoms. The number of pyridine rings is 1. The molecule has 1 aromatic carbocycles. The minimum Gasteiger partial charge on any atom is -0.457 e. The van der Waals surface area contributed by atoms with Gasteiger partial charge in [0.1, 0.15) is 12.9 Å². The van der Waals surface area contributed by atoms with Crippen molar-refractivity contribution in [1.29, 1.82) is 0 Å². The number of amides is 1. The number of hydrogen-bond acceptors (Lipinski definition) is 9. The van der Waals surface area contributed by atoms with Crippen LogP contribution in [-0.2, 0) is 22.6 Å². The Morgan fingerprint density at radius 1 is 1.25 bits per heavy atom. The highest BCUT2D eigenvalue weighted by atomic mass is 16.5. The molecule has 11 nitrogen and oxygen atoms in total. The van der Waals surface area contributed by atoms with Gasteiger partial charge >= 0.3 is 5.97 Å². The SMILES string of the molecule is Cc1c([C@@H](O)CN2CCN(C(=O)C3CCc4cc(-n5cnnn5)ncc43)CC2)ccc2c1COC2=O. The molecule has 186 valence electrons. The number of aliphatic hydroxyl groups is 1. The van der Waals surface area contributed by atoms with E-state index in [-0.39, 0.29) is 24.4 Å². The van der Waals surface area contributed by atoms with E-state index in [0.29, 0.717) is 44.1 Å². The predicted octanol–water partition coefficient (Wildman–Crippen LogP) is 0.944. The first-order chi connectivity index (χ1) is 17.5. The number of hydrogen-bond donors (Lipinski definition) is 1. The third-order valence-corrected chi connectivity index (χ3v) is 7.65. The molecule has 1 saturated heterocycles. The Bertz CT molecular complexity index is 1320. The molecule has 3 aromatic rings. The maximum Gasteiger partial charge on any atom is 0.338 e. The first-order valence-electron chi connectivity index (χ1n) is 12.2. The van der Waals surface area contributed by atoms with Crippen LogP contribution in [0, 0.1) is 6.92 Å². The van der Waals surface area contributed by atoms with Gasteiger partial charge in [-0.3, -0.25) is 9.69 Å². The lowest BCUT2D eigenvalue weighted by atomic mass is 9.95. The van der Waals surface area contributed by atoms with Gasteiger partial charge in [0, 0.05) is 44.5 Å². The van der Waals surface area contributed by atoms with Crippen molar-refractivity contribution in [3.8, 4) is 5.82 Å². The molecule has 3 aliphatic rings. The summed E-state index contributed by atoms with van der Waals surface area (Å²) in [4.78, 5) is 33.7. The first-order valence-corrected chi connectivity index (χ1v) is 12.2. The van der Waals surface area contributed by atoms with Crippen LogP contribution in [0.15, 0.2) is 30.7 Å². The number of carbonyl (C=O) groups excluding carboxylic acids is 2. The third kappa shape index (κ3) is 3.94. The van der Waals surface area contributed by atoms with Crippen molar-refractivity contribution in [1.82, 2.24) is 35.0 Å². The van der Waals surface area contributed by atoms with Crippen LogP contribution in [0.2, 0.25) is 0 Å². The van der Waals surface area contributed by atoms with Gasteiger partial charge in [-0.15, -0.1) is 5.10 Å². The van der Waals surface area contributed by atoms with Gasteiger partial charge in [0.15, 0.2) is 5.82 Å². The summed E-state index contributed by atoms with van der Waals surface area (Å²) in [6, 6.07) is 5.52. The van der Waals surface area contributed by atoms with Crippen LogP contribution in [-0.4, -0.2) is 84.7 Å². The highest BCUT2D eigenvalue weighted by Gasteiger charge is 2.34. The monoisotopic (exact) mass is 489 g/mol. The van der Waals surface area contributed by atoms with Crippen LogP contribution in [0.5, 0.6) is 0 Å². The number of fused-ring (bicyclic) bond motifs is 2. The standard InChI is InChI=1S/C25H27N7O4/c1-15-17(4-5-19-21(15)13-36-25(19)35)22(33)12-30-6-8-31(9-7-30)24(34)18-3-2-16-10-23(26-11-20(16)18)32-14-27-28-29-32/h4-5,10-11,14,18,22,33H,2-3,6-9,12-13H2,1H3/t18?,22-/m0/s1. The van der Waals surface area contributed by atoms with E-state index in [0.717, 1.165) is 40.7 Å². The minimum absolute atomic E-state index is 0.144. The molecule has 0 spiro atoms. The molecule has 2 atom stereocenters. The predicted molar refractivity (Wildman–Crippen MR) is 126 cm³/mol. The molecule has 2 aromatic heterocycles. The van der Waals surface area contributed by atoms with Gasteiger partial charge in [-0.25, -0.2) is 9.78 Å². The van der Waals surface area contributed by atoms with Crippen molar-refractivity contribution in [2.45, 2.75) is 38.4 Å². The van der Waals surface area contributed by atoms with Gasteiger partial charge in [0.25, 0.3) is 0 Å². The Morgan fingerprint density at radius 3 is 2.86 bits per heavy atom. The van der Waals surface area contributed by atoms with Crippen LogP contribution < -0.4 is 0 Å². The average molecular weight is 490 g/mol. The van der Waals surface area contributed by atoms with Crippen molar-refractivity contribution < 1.29 is 19.4 Å². The maximum absolute atomic E-state index is 13.4. The highest BCUT2D eigenvalue weighted by Crippen LogP contribution is 2.35.